The zero-order valence-electron chi connectivity index (χ0n) is 20.4. The molecule has 5 rings (SSSR count). The first-order valence-corrected chi connectivity index (χ1v) is 12.9. The first-order valence-electron chi connectivity index (χ1n) is 12.6. The smallest absolute Gasteiger partial charge is 0.255 e. The van der Waals surface area contributed by atoms with Crippen LogP contribution in [-0.2, 0) is 11.2 Å². The second-order valence-corrected chi connectivity index (χ2v) is 10.1. The second kappa shape index (κ2) is 10.6. The van der Waals surface area contributed by atoms with Gasteiger partial charge in [-0.05, 0) is 48.7 Å². The quantitative estimate of drug-likeness (QED) is 0.368. The first kappa shape index (κ1) is 24.2. The predicted molar refractivity (Wildman–Crippen MR) is 147 cm³/mol. The third kappa shape index (κ3) is 5.34. The van der Waals surface area contributed by atoms with Crippen LogP contribution in [0, 0.1) is 0 Å². The maximum absolute atomic E-state index is 13.1. The van der Waals surface area contributed by atoms with Gasteiger partial charge in [0.2, 0.25) is 5.91 Å². The minimum atomic E-state index is -0.375. The van der Waals surface area contributed by atoms with Crippen LogP contribution in [0.4, 0.5) is 22.7 Å². The molecule has 2 amide bonds. The van der Waals surface area contributed by atoms with Crippen molar-refractivity contribution in [2.24, 2.45) is 0 Å². The molecule has 7 heteroatoms. The largest absolute Gasteiger partial charge is 0.372 e. The molecule has 0 aromatic heterocycles. The number of carbonyl (C=O) groups is 2. The number of fused-ring (bicyclic) bond motifs is 1. The summed E-state index contributed by atoms with van der Waals surface area (Å²) in [4.78, 5) is 28.3. The zero-order chi connectivity index (χ0) is 25.1. The SMILES string of the molecule is CN(c1cc2c(cc1NC(=O)c1cccc(Cl)c1)NC(=O)C(Cc1ccccc1)N2)C1CCCCC1. The fourth-order valence-electron chi connectivity index (χ4n) is 5.16. The molecule has 6 nitrogen and oxygen atoms in total. The summed E-state index contributed by atoms with van der Waals surface area (Å²) in [5, 5.41) is 10.1. The van der Waals surface area contributed by atoms with Gasteiger partial charge in [0.05, 0.1) is 22.7 Å². The van der Waals surface area contributed by atoms with Gasteiger partial charge in [0.15, 0.2) is 0 Å². The summed E-state index contributed by atoms with van der Waals surface area (Å²) in [6, 6.07) is 20.8. The van der Waals surface area contributed by atoms with E-state index in [0.717, 1.165) is 29.8 Å². The maximum Gasteiger partial charge on any atom is 0.255 e. The van der Waals surface area contributed by atoms with Gasteiger partial charge in [-0.15, -0.1) is 0 Å². The summed E-state index contributed by atoms with van der Waals surface area (Å²) in [7, 11) is 2.09. The van der Waals surface area contributed by atoms with E-state index in [4.69, 9.17) is 11.6 Å². The predicted octanol–water partition coefficient (Wildman–Crippen LogP) is 6.34. The number of halogens is 1. The van der Waals surface area contributed by atoms with Gasteiger partial charge in [-0.3, -0.25) is 9.59 Å². The lowest BCUT2D eigenvalue weighted by atomic mass is 9.94. The number of nitrogens with one attached hydrogen (secondary N) is 3. The molecule has 186 valence electrons. The monoisotopic (exact) mass is 502 g/mol. The molecule has 36 heavy (non-hydrogen) atoms. The molecule has 1 aliphatic heterocycles. The van der Waals surface area contributed by atoms with Crippen molar-refractivity contribution in [1.82, 2.24) is 0 Å². The molecule has 0 saturated heterocycles. The van der Waals surface area contributed by atoms with Crippen molar-refractivity contribution in [3.05, 3.63) is 82.9 Å². The first-order chi connectivity index (χ1) is 17.5. The molecule has 3 aromatic rings. The Balaban J connectivity index is 1.47. The molecule has 3 aromatic carbocycles. The van der Waals surface area contributed by atoms with Crippen molar-refractivity contribution in [1.29, 1.82) is 0 Å². The Morgan fingerprint density at radius 3 is 2.53 bits per heavy atom. The van der Waals surface area contributed by atoms with E-state index in [2.05, 4.69) is 34.0 Å². The van der Waals surface area contributed by atoms with Crippen LogP contribution in [0.1, 0.15) is 48.0 Å². The number of rotatable bonds is 6. The summed E-state index contributed by atoms with van der Waals surface area (Å²) in [6.07, 6.45) is 6.51. The second-order valence-electron chi connectivity index (χ2n) is 9.66. The van der Waals surface area contributed by atoms with Crippen LogP contribution < -0.4 is 20.9 Å². The number of hydrogen-bond donors (Lipinski definition) is 3. The van der Waals surface area contributed by atoms with Crippen molar-refractivity contribution >= 4 is 46.2 Å². The minimum absolute atomic E-state index is 0.0909. The lowest BCUT2D eigenvalue weighted by Crippen LogP contribution is -2.41. The highest BCUT2D eigenvalue weighted by molar-refractivity contribution is 6.31. The fourth-order valence-corrected chi connectivity index (χ4v) is 5.35. The van der Waals surface area contributed by atoms with Crippen molar-refractivity contribution in [3.63, 3.8) is 0 Å². The van der Waals surface area contributed by atoms with E-state index in [-0.39, 0.29) is 17.9 Å². The van der Waals surface area contributed by atoms with E-state index >= 15 is 0 Å². The van der Waals surface area contributed by atoms with Gasteiger partial charge in [0, 0.05) is 30.1 Å². The Hall–Kier alpha value is -3.51. The van der Waals surface area contributed by atoms with Gasteiger partial charge in [-0.1, -0.05) is 67.3 Å². The van der Waals surface area contributed by atoms with E-state index in [1.165, 1.54) is 19.3 Å². The molecule has 0 bridgehead atoms. The van der Waals surface area contributed by atoms with Crippen molar-refractivity contribution in [3.8, 4) is 0 Å². The van der Waals surface area contributed by atoms with E-state index in [0.29, 0.717) is 34.4 Å². The van der Waals surface area contributed by atoms with E-state index < -0.39 is 0 Å². The average Bonchev–Trinajstić information content (AvgIpc) is 2.90. The van der Waals surface area contributed by atoms with Crippen LogP contribution in [0.5, 0.6) is 0 Å². The molecule has 0 radical (unpaired) electrons. The summed E-state index contributed by atoms with van der Waals surface area (Å²) >= 11 is 6.11. The minimum Gasteiger partial charge on any atom is -0.372 e. The summed E-state index contributed by atoms with van der Waals surface area (Å²) in [5.74, 6) is -0.334. The fraction of sp³-hybridized carbons (Fsp3) is 0.310. The van der Waals surface area contributed by atoms with Crippen molar-refractivity contribution in [2.75, 3.05) is 27.9 Å². The Bertz CT molecular complexity index is 1260. The van der Waals surface area contributed by atoms with Gasteiger partial charge in [-0.25, -0.2) is 0 Å². The number of anilines is 4. The summed E-state index contributed by atoms with van der Waals surface area (Å²) in [5.41, 5.74) is 4.68. The van der Waals surface area contributed by atoms with E-state index in [1.807, 2.05) is 36.4 Å². The van der Waals surface area contributed by atoms with Gasteiger partial charge in [0.25, 0.3) is 5.91 Å². The Morgan fingerprint density at radius 2 is 1.78 bits per heavy atom. The molecule has 1 unspecified atom stereocenters. The summed E-state index contributed by atoms with van der Waals surface area (Å²) in [6.45, 7) is 0. The molecule has 3 N–H and O–H groups in total. The highest BCUT2D eigenvalue weighted by Crippen LogP contribution is 2.40. The number of benzene rings is 3. The molecular formula is C29H31ClN4O2. The van der Waals surface area contributed by atoms with Crippen LogP contribution in [0.15, 0.2) is 66.7 Å². The normalized spacial score (nSPS) is 17.5. The molecule has 2 aliphatic rings. The molecule has 1 aliphatic carbocycles. The zero-order valence-corrected chi connectivity index (χ0v) is 21.1. The van der Waals surface area contributed by atoms with E-state index in [9.17, 15) is 9.59 Å². The van der Waals surface area contributed by atoms with Crippen molar-refractivity contribution in [2.45, 2.75) is 50.6 Å². The third-order valence-electron chi connectivity index (χ3n) is 7.16. The number of carbonyl (C=O) groups excluding carboxylic acids is 2. The molecule has 1 saturated carbocycles. The third-order valence-corrected chi connectivity index (χ3v) is 7.40. The Morgan fingerprint density at radius 1 is 1.00 bits per heavy atom. The van der Waals surface area contributed by atoms with Gasteiger partial charge in [-0.2, -0.15) is 0 Å². The van der Waals surface area contributed by atoms with Crippen LogP contribution in [0.3, 0.4) is 0 Å². The Kier molecular flexibility index (Phi) is 7.14. The lowest BCUT2D eigenvalue weighted by molar-refractivity contribution is -0.117. The van der Waals surface area contributed by atoms with Crippen LogP contribution in [-0.4, -0.2) is 30.9 Å². The maximum atomic E-state index is 13.1. The molecule has 1 fully saturated rings. The highest BCUT2D eigenvalue weighted by atomic mass is 35.5. The van der Waals surface area contributed by atoms with E-state index in [1.54, 1.807) is 24.3 Å². The number of amides is 2. The molecular weight excluding hydrogens is 472 g/mol. The van der Waals surface area contributed by atoms with Crippen LogP contribution in [0.25, 0.3) is 0 Å². The van der Waals surface area contributed by atoms with Crippen LogP contribution in [0.2, 0.25) is 5.02 Å². The number of nitrogens with zero attached hydrogens (tertiary/aromatic N) is 1. The van der Waals surface area contributed by atoms with Crippen molar-refractivity contribution < 1.29 is 9.59 Å². The molecule has 1 heterocycles. The average molecular weight is 503 g/mol. The van der Waals surface area contributed by atoms with Crippen LogP contribution >= 0.6 is 11.6 Å². The highest BCUT2D eigenvalue weighted by Gasteiger charge is 2.29. The number of hydrogen-bond acceptors (Lipinski definition) is 4. The van der Waals surface area contributed by atoms with Gasteiger partial charge in [0.1, 0.15) is 6.04 Å². The van der Waals surface area contributed by atoms with Gasteiger partial charge >= 0.3 is 0 Å². The van der Waals surface area contributed by atoms with Gasteiger partial charge < -0.3 is 20.9 Å². The Labute approximate surface area is 217 Å². The standard InChI is InChI=1S/C29H31ClN4O2/c1-34(22-13-6-3-7-14-22)27-18-24-23(17-25(27)33-28(35)20-11-8-12-21(30)16-20)32-29(36)26(31-24)15-19-9-4-2-5-10-19/h2,4-5,8-12,16-18,22,26,31H,3,6-7,13-15H2,1H3,(H,32,36)(H,33,35). The molecule has 1 atom stereocenters. The molecule has 0 spiro atoms. The lowest BCUT2D eigenvalue weighted by Gasteiger charge is -2.36. The topological polar surface area (TPSA) is 73.5 Å². The summed E-state index contributed by atoms with van der Waals surface area (Å²) < 4.78 is 0.